The first-order valence-electron chi connectivity index (χ1n) is 9.63. The van der Waals surface area contributed by atoms with Crippen molar-refractivity contribution >= 4 is 17.4 Å². The number of hydrogen-bond acceptors (Lipinski definition) is 4. The van der Waals surface area contributed by atoms with E-state index < -0.39 is 0 Å². The predicted octanol–water partition coefficient (Wildman–Crippen LogP) is 4.11. The van der Waals surface area contributed by atoms with Crippen molar-refractivity contribution in [2.24, 2.45) is 17.8 Å². The Morgan fingerprint density at radius 3 is 2.19 bits per heavy atom. The summed E-state index contributed by atoms with van der Waals surface area (Å²) in [5.74, 6) is 3.51. The van der Waals surface area contributed by atoms with Gasteiger partial charge < -0.3 is 10.6 Å². The highest BCUT2D eigenvalue weighted by atomic mass is 16.1. The summed E-state index contributed by atoms with van der Waals surface area (Å²) in [5.41, 5.74) is 1.56. The number of carbonyl (C=O) groups is 1. The second-order valence-corrected chi connectivity index (χ2v) is 8.45. The predicted molar refractivity (Wildman–Crippen MR) is 101 cm³/mol. The monoisotopic (exact) mass is 348 g/mol. The van der Waals surface area contributed by atoms with E-state index >= 15 is 0 Å². The van der Waals surface area contributed by atoms with Gasteiger partial charge in [-0.2, -0.15) is 0 Å². The molecule has 2 N–H and O–H groups in total. The molecule has 0 aliphatic heterocycles. The Bertz CT molecular complexity index is 767. The van der Waals surface area contributed by atoms with Gasteiger partial charge in [-0.15, -0.1) is 0 Å². The molecule has 26 heavy (non-hydrogen) atoms. The first-order chi connectivity index (χ1) is 12.7. The number of pyridine rings is 2. The minimum absolute atomic E-state index is 0.143. The van der Waals surface area contributed by atoms with Gasteiger partial charge in [0.25, 0.3) is 5.91 Å². The lowest BCUT2D eigenvalue weighted by atomic mass is 9.53. The van der Waals surface area contributed by atoms with Gasteiger partial charge in [0, 0.05) is 23.5 Å². The molecule has 0 spiro atoms. The topological polar surface area (TPSA) is 66.9 Å². The summed E-state index contributed by atoms with van der Waals surface area (Å²) in [6.07, 6.45) is 13.2. The van der Waals surface area contributed by atoms with Crippen LogP contribution in [0.3, 0.4) is 0 Å². The summed E-state index contributed by atoms with van der Waals surface area (Å²) in [4.78, 5) is 20.7. The number of amides is 1. The van der Waals surface area contributed by atoms with Crippen LogP contribution in [-0.4, -0.2) is 21.4 Å². The average Bonchev–Trinajstić information content (AvgIpc) is 2.63. The fourth-order valence-electron chi connectivity index (χ4n) is 5.78. The fraction of sp³-hybridized carbons (Fsp3) is 0.476. The molecular formula is C21H24N4O. The van der Waals surface area contributed by atoms with Gasteiger partial charge in [0.2, 0.25) is 0 Å². The largest absolute Gasteiger partial charge is 0.365 e. The third kappa shape index (κ3) is 2.96. The van der Waals surface area contributed by atoms with Crippen LogP contribution in [0.5, 0.6) is 0 Å². The molecule has 0 saturated heterocycles. The average molecular weight is 348 g/mol. The summed E-state index contributed by atoms with van der Waals surface area (Å²) in [5, 5.41) is 6.65. The van der Waals surface area contributed by atoms with Crippen molar-refractivity contribution in [3.63, 3.8) is 0 Å². The molecule has 4 aliphatic rings. The van der Waals surface area contributed by atoms with Gasteiger partial charge in [-0.25, -0.2) is 4.98 Å². The molecule has 0 radical (unpaired) electrons. The summed E-state index contributed by atoms with van der Waals surface area (Å²) >= 11 is 0. The Labute approximate surface area is 153 Å². The number of nitrogens with zero attached hydrogens (tertiary/aromatic N) is 2. The van der Waals surface area contributed by atoms with Crippen molar-refractivity contribution in [2.75, 3.05) is 10.6 Å². The molecule has 5 nitrogen and oxygen atoms in total. The maximum atomic E-state index is 12.2. The van der Waals surface area contributed by atoms with E-state index in [1.165, 1.54) is 38.5 Å². The van der Waals surface area contributed by atoms with Crippen LogP contribution in [0, 0.1) is 17.8 Å². The lowest BCUT2D eigenvalue weighted by Crippen LogP contribution is -2.54. The zero-order chi connectivity index (χ0) is 17.6. The van der Waals surface area contributed by atoms with Gasteiger partial charge in [0.05, 0.1) is 11.9 Å². The Balaban J connectivity index is 1.26. The number of hydrogen-bond donors (Lipinski definition) is 2. The Kier molecular flexibility index (Phi) is 3.69. The Hall–Kier alpha value is -2.43. The van der Waals surface area contributed by atoms with Crippen LogP contribution < -0.4 is 10.6 Å². The fourth-order valence-corrected chi connectivity index (χ4v) is 5.78. The molecule has 4 saturated carbocycles. The van der Waals surface area contributed by atoms with Crippen molar-refractivity contribution in [3.8, 4) is 0 Å². The van der Waals surface area contributed by atoms with E-state index in [0.717, 1.165) is 23.6 Å². The van der Waals surface area contributed by atoms with Crippen molar-refractivity contribution in [2.45, 2.75) is 44.1 Å². The number of carbonyl (C=O) groups excluding carboxylic acids is 1. The molecule has 2 aromatic heterocycles. The van der Waals surface area contributed by atoms with Gasteiger partial charge >= 0.3 is 0 Å². The van der Waals surface area contributed by atoms with E-state index in [-0.39, 0.29) is 11.4 Å². The van der Waals surface area contributed by atoms with Gasteiger partial charge in [-0.3, -0.25) is 9.78 Å². The molecular weight excluding hydrogens is 324 g/mol. The molecule has 0 unspecified atom stereocenters. The van der Waals surface area contributed by atoms with Gasteiger partial charge in [-0.1, -0.05) is 0 Å². The zero-order valence-corrected chi connectivity index (χ0v) is 14.8. The second kappa shape index (κ2) is 6.08. The van der Waals surface area contributed by atoms with E-state index in [1.807, 2.05) is 12.1 Å². The van der Waals surface area contributed by atoms with E-state index in [9.17, 15) is 4.79 Å². The van der Waals surface area contributed by atoms with Gasteiger partial charge in [0.15, 0.2) is 0 Å². The van der Waals surface area contributed by atoms with Crippen LogP contribution >= 0.6 is 0 Å². The normalized spacial score (nSPS) is 31.6. The molecule has 4 aliphatic carbocycles. The second-order valence-electron chi connectivity index (χ2n) is 8.45. The van der Waals surface area contributed by atoms with Crippen LogP contribution in [-0.2, 0) is 0 Å². The molecule has 6 rings (SSSR count). The first-order valence-corrected chi connectivity index (χ1v) is 9.63. The van der Waals surface area contributed by atoms with Gasteiger partial charge in [-0.05, 0) is 80.5 Å². The van der Waals surface area contributed by atoms with Crippen LogP contribution in [0.15, 0.2) is 42.9 Å². The van der Waals surface area contributed by atoms with Crippen LogP contribution in [0.25, 0.3) is 0 Å². The summed E-state index contributed by atoms with van der Waals surface area (Å²) in [6, 6.07) is 7.31. The standard InChI is InChI=1S/C21H24N4O/c26-20(17-3-5-22-6-4-17)24-18-1-2-19(23-13-18)25-21-10-14-7-15(11-21)9-16(8-14)12-21/h1-6,13-16H,7-12H2,(H,23,25)(H,24,26). The molecule has 2 aromatic rings. The molecule has 134 valence electrons. The highest BCUT2D eigenvalue weighted by Gasteiger charge is 2.51. The number of rotatable bonds is 4. The van der Waals surface area contributed by atoms with Crippen molar-refractivity contribution < 1.29 is 4.79 Å². The minimum atomic E-state index is -0.143. The van der Waals surface area contributed by atoms with E-state index in [1.54, 1.807) is 30.7 Å². The van der Waals surface area contributed by atoms with Crippen LogP contribution in [0.2, 0.25) is 0 Å². The van der Waals surface area contributed by atoms with Gasteiger partial charge in [0.1, 0.15) is 5.82 Å². The highest BCUT2D eigenvalue weighted by Crippen LogP contribution is 2.56. The van der Waals surface area contributed by atoms with Crippen molar-refractivity contribution in [3.05, 3.63) is 48.4 Å². The zero-order valence-electron chi connectivity index (χ0n) is 14.8. The maximum absolute atomic E-state index is 12.2. The first kappa shape index (κ1) is 15.8. The number of aromatic nitrogens is 2. The SMILES string of the molecule is O=C(Nc1ccc(NC23CC4CC(CC(C4)C2)C3)nc1)c1ccncc1. The third-order valence-electron chi connectivity index (χ3n) is 6.40. The maximum Gasteiger partial charge on any atom is 0.255 e. The molecule has 0 atom stereocenters. The molecule has 2 heterocycles. The molecule has 5 heteroatoms. The van der Waals surface area contributed by atoms with Crippen molar-refractivity contribution in [1.29, 1.82) is 0 Å². The van der Waals surface area contributed by atoms with Crippen LogP contribution in [0.1, 0.15) is 48.9 Å². The van der Waals surface area contributed by atoms with E-state index in [4.69, 9.17) is 0 Å². The molecule has 4 bridgehead atoms. The summed E-state index contributed by atoms with van der Waals surface area (Å²) in [7, 11) is 0. The van der Waals surface area contributed by atoms with E-state index in [0.29, 0.717) is 11.3 Å². The molecule has 0 aromatic carbocycles. The molecule has 4 fully saturated rings. The number of nitrogens with one attached hydrogen (secondary N) is 2. The lowest BCUT2D eigenvalue weighted by Gasteiger charge is -2.57. The van der Waals surface area contributed by atoms with Crippen molar-refractivity contribution in [1.82, 2.24) is 9.97 Å². The quantitative estimate of drug-likeness (QED) is 0.872. The molecule has 1 amide bonds. The third-order valence-corrected chi connectivity index (χ3v) is 6.40. The summed E-state index contributed by atoms with van der Waals surface area (Å²) in [6.45, 7) is 0. The summed E-state index contributed by atoms with van der Waals surface area (Å²) < 4.78 is 0. The number of anilines is 2. The Morgan fingerprint density at radius 1 is 0.962 bits per heavy atom. The smallest absolute Gasteiger partial charge is 0.255 e. The minimum Gasteiger partial charge on any atom is -0.365 e. The highest BCUT2D eigenvalue weighted by molar-refractivity contribution is 6.04. The van der Waals surface area contributed by atoms with E-state index in [2.05, 4.69) is 20.6 Å². The Morgan fingerprint density at radius 2 is 1.62 bits per heavy atom. The van der Waals surface area contributed by atoms with Crippen LogP contribution in [0.4, 0.5) is 11.5 Å². The lowest BCUT2D eigenvalue weighted by molar-refractivity contribution is 0.0105.